The molecule has 5 heteroatoms. The number of amides is 1. The Morgan fingerprint density at radius 3 is 2.72 bits per heavy atom. The molecule has 1 rings (SSSR count). The summed E-state index contributed by atoms with van der Waals surface area (Å²) in [7, 11) is 3.93. The van der Waals surface area contributed by atoms with E-state index in [0.717, 1.165) is 19.6 Å². The number of aliphatic carboxylic acids is 1. The van der Waals surface area contributed by atoms with Crippen LogP contribution in [0.25, 0.3) is 0 Å². The quantitative estimate of drug-likeness (QED) is 0.771. The lowest BCUT2D eigenvalue weighted by Crippen LogP contribution is -2.39. The van der Waals surface area contributed by atoms with Gasteiger partial charge in [0.1, 0.15) is 0 Å². The molecule has 1 unspecified atom stereocenters. The minimum atomic E-state index is -0.834. The van der Waals surface area contributed by atoms with Crippen LogP contribution in [0.2, 0.25) is 0 Å². The van der Waals surface area contributed by atoms with E-state index in [4.69, 9.17) is 5.11 Å². The second-order valence-corrected chi connectivity index (χ2v) is 5.29. The second kappa shape index (κ2) is 7.36. The number of hydrogen-bond donors (Lipinski definition) is 1. The number of piperidine rings is 1. The summed E-state index contributed by atoms with van der Waals surface area (Å²) in [5, 5.41) is 8.52. The Bertz CT molecular complexity index is 294. The van der Waals surface area contributed by atoms with Gasteiger partial charge in [0.25, 0.3) is 0 Å². The van der Waals surface area contributed by atoms with Crippen LogP contribution in [0.4, 0.5) is 0 Å². The molecule has 0 aromatic rings. The highest BCUT2D eigenvalue weighted by Gasteiger charge is 2.20. The molecule has 1 saturated heterocycles. The standard InChI is InChI=1S/C13H24N2O3/c1-14-8-4-5-11(9-14)10-15(2)12(16)6-3-7-13(17)18/h11H,3-10H2,1-2H3,(H,17,18). The van der Waals surface area contributed by atoms with E-state index in [1.54, 1.807) is 4.90 Å². The number of carbonyl (C=O) groups is 2. The average molecular weight is 256 g/mol. The van der Waals surface area contributed by atoms with Crippen LogP contribution in [-0.2, 0) is 9.59 Å². The molecule has 5 nitrogen and oxygen atoms in total. The molecular formula is C13H24N2O3. The molecule has 1 amide bonds. The minimum Gasteiger partial charge on any atom is -0.481 e. The number of carbonyl (C=O) groups excluding carboxylic acids is 1. The molecule has 0 spiro atoms. The molecule has 1 atom stereocenters. The summed E-state index contributed by atoms with van der Waals surface area (Å²) in [4.78, 5) is 26.2. The Hall–Kier alpha value is -1.10. The largest absolute Gasteiger partial charge is 0.481 e. The predicted molar refractivity (Wildman–Crippen MR) is 69.3 cm³/mol. The maximum Gasteiger partial charge on any atom is 0.303 e. The Morgan fingerprint density at radius 2 is 2.11 bits per heavy atom. The summed E-state index contributed by atoms with van der Waals surface area (Å²) in [6.45, 7) is 2.98. The van der Waals surface area contributed by atoms with Gasteiger partial charge < -0.3 is 14.9 Å². The van der Waals surface area contributed by atoms with Crippen LogP contribution in [0.15, 0.2) is 0 Å². The third-order valence-electron chi connectivity index (χ3n) is 3.46. The van der Waals surface area contributed by atoms with Crippen molar-refractivity contribution in [3.05, 3.63) is 0 Å². The molecule has 1 aliphatic heterocycles. The monoisotopic (exact) mass is 256 g/mol. The molecule has 18 heavy (non-hydrogen) atoms. The molecule has 1 aliphatic rings. The van der Waals surface area contributed by atoms with E-state index in [9.17, 15) is 9.59 Å². The van der Waals surface area contributed by atoms with E-state index in [0.29, 0.717) is 18.8 Å². The topological polar surface area (TPSA) is 60.9 Å². The van der Waals surface area contributed by atoms with E-state index in [1.165, 1.54) is 12.8 Å². The molecular weight excluding hydrogens is 232 g/mol. The molecule has 0 saturated carbocycles. The first-order chi connectivity index (χ1) is 8.49. The minimum absolute atomic E-state index is 0.0597. The lowest BCUT2D eigenvalue weighted by atomic mass is 9.98. The zero-order valence-corrected chi connectivity index (χ0v) is 11.4. The van der Waals surface area contributed by atoms with Crippen LogP contribution in [0.1, 0.15) is 32.1 Å². The van der Waals surface area contributed by atoms with Crippen LogP contribution in [0, 0.1) is 5.92 Å². The SMILES string of the molecule is CN1CCCC(CN(C)C(=O)CCCC(=O)O)C1. The second-order valence-electron chi connectivity index (χ2n) is 5.29. The highest BCUT2D eigenvalue weighted by Crippen LogP contribution is 2.16. The first-order valence-corrected chi connectivity index (χ1v) is 6.63. The summed E-state index contributed by atoms with van der Waals surface area (Å²) < 4.78 is 0. The van der Waals surface area contributed by atoms with Gasteiger partial charge in [-0.1, -0.05) is 0 Å². The molecule has 0 aromatic carbocycles. The highest BCUT2D eigenvalue weighted by molar-refractivity contribution is 5.76. The molecule has 1 fully saturated rings. The number of nitrogens with zero attached hydrogens (tertiary/aromatic N) is 2. The zero-order chi connectivity index (χ0) is 13.5. The summed E-state index contributed by atoms with van der Waals surface area (Å²) >= 11 is 0. The van der Waals surface area contributed by atoms with Gasteiger partial charge in [-0.2, -0.15) is 0 Å². The van der Waals surface area contributed by atoms with Crippen molar-refractivity contribution in [1.29, 1.82) is 0 Å². The van der Waals surface area contributed by atoms with E-state index >= 15 is 0 Å². The third kappa shape index (κ3) is 5.49. The van der Waals surface area contributed by atoms with Gasteiger partial charge in [-0.05, 0) is 38.8 Å². The van der Waals surface area contributed by atoms with Gasteiger partial charge in [-0.15, -0.1) is 0 Å². The number of carboxylic acid groups (broad SMARTS) is 1. The fourth-order valence-electron chi connectivity index (χ4n) is 2.49. The van der Waals surface area contributed by atoms with Gasteiger partial charge in [0.05, 0.1) is 0 Å². The van der Waals surface area contributed by atoms with Crippen LogP contribution >= 0.6 is 0 Å². The average Bonchev–Trinajstić information content (AvgIpc) is 2.28. The molecule has 0 aromatic heterocycles. The number of carboxylic acids is 1. The van der Waals surface area contributed by atoms with E-state index in [1.807, 2.05) is 7.05 Å². The third-order valence-corrected chi connectivity index (χ3v) is 3.46. The summed E-state index contributed by atoms with van der Waals surface area (Å²) in [5.74, 6) is -0.221. The van der Waals surface area contributed by atoms with Gasteiger partial charge in [0.2, 0.25) is 5.91 Å². The van der Waals surface area contributed by atoms with Crippen molar-refractivity contribution in [3.8, 4) is 0 Å². The lowest BCUT2D eigenvalue weighted by molar-refractivity contribution is -0.137. The van der Waals surface area contributed by atoms with Crippen molar-refractivity contribution in [1.82, 2.24) is 9.80 Å². The molecule has 104 valence electrons. The molecule has 0 bridgehead atoms. The zero-order valence-electron chi connectivity index (χ0n) is 11.4. The van der Waals surface area contributed by atoms with Crippen molar-refractivity contribution in [3.63, 3.8) is 0 Å². The fourth-order valence-corrected chi connectivity index (χ4v) is 2.49. The Labute approximate surface area is 109 Å². The van der Waals surface area contributed by atoms with Crippen LogP contribution in [0.5, 0.6) is 0 Å². The smallest absolute Gasteiger partial charge is 0.303 e. The summed E-state index contributed by atoms with van der Waals surface area (Å²) in [6.07, 6.45) is 3.22. The van der Waals surface area contributed by atoms with Crippen molar-refractivity contribution >= 4 is 11.9 Å². The summed E-state index contributed by atoms with van der Waals surface area (Å²) in [6, 6.07) is 0. The van der Waals surface area contributed by atoms with Crippen molar-refractivity contribution in [2.24, 2.45) is 5.92 Å². The van der Waals surface area contributed by atoms with Gasteiger partial charge in [-0.3, -0.25) is 9.59 Å². The Balaban J connectivity index is 2.24. The summed E-state index contributed by atoms with van der Waals surface area (Å²) in [5.41, 5.74) is 0. The van der Waals surface area contributed by atoms with E-state index in [2.05, 4.69) is 11.9 Å². The van der Waals surface area contributed by atoms with Crippen LogP contribution < -0.4 is 0 Å². The molecule has 1 heterocycles. The maximum absolute atomic E-state index is 11.8. The number of hydrogen-bond acceptors (Lipinski definition) is 3. The lowest BCUT2D eigenvalue weighted by Gasteiger charge is -2.32. The van der Waals surface area contributed by atoms with Gasteiger partial charge in [0.15, 0.2) is 0 Å². The van der Waals surface area contributed by atoms with E-state index in [-0.39, 0.29) is 12.3 Å². The number of rotatable bonds is 6. The van der Waals surface area contributed by atoms with Crippen LogP contribution in [0.3, 0.4) is 0 Å². The van der Waals surface area contributed by atoms with Gasteiger partial charge in [0, 0.05) is 33.0 Å². The number of likely N-dealkylation sites (tertiary alicyclic amines) is 1. The highest BCUT2D eigenvalue weighted by atomic mass is 16.4. The molecule has 0 aliphatic carbocycles. The van der Waals surface area contributed by atoms with Crippen molar-refractivity contribution < 1.29 is 14.7 Å². The van der Waals surface area contributed by atoms with Gasteiger partial charge >= 0.3 is 5.97 Å². The fraction of sp³-hybridized carbons (Fsp3) is 0.846. The molecule has 0 radical (unpaired) electrons. The first-order valence-electron chi connectivity index (χ1n) is 6.63. The maximum atomic E-state index is 11.8. The Kier molecular flexibility index (Phi) is 6.12. The van der Waals surface area contributed by atoms with Crippen molar-refractivity contribution in [2.45, 2.75) is 32.1 Å². The van der Waals surface area contributed by atoms with Gasteiger partial charge in [-0.25, -0.2) is 0 Å². The van der Waals surface area contributed by atoms with Crippen LogP contribution in [-0.4, -0.2) is 60.5 Å². The molecule has 1 N–H and O–H groups in total. The van der Waals surface area contributed by atoms with Crippen molar-refractivity contribution in [2.75, 3.05) is 33.7 Å². The Morgan fingerprint density at radius 1 is 1.39 bits per heavy atom. The normalized spacial score (nSPS) is 20.7. The predicted octanol–water partition coefficient (Wildman–Crippen LogP) is 1.04. The first kappa shape index (κ1) is 15.0. The van der Waals surface area contributed by atoms with E-state index < -0.39 is 5.97 Å².